The van der Waals surface area contributed by atoms with Gasteiger partial charge in [0.1, 0.15) is 17.6 Å². The SMILES string of the molecule is Cc1cnc([C@H]2CN(C(=O)c3cscn3)CCO2)[nH]1. The van der Waals surface area contributed by atoms with Gasteiger partial charge in [0.2, 0.25) is 0 Å². The zero-order chi connectivity index (χ0) is 13.2. The minimum Gasteiger partial charge on any atom is -0.367 e. The van der Waals surface area contributed by atoms with Crippen molar-refractivity contribution in [3.63, 3.8) is 0 Å². The van der Waals surface area contributed by atoms with Gasteiger partial charge in [-0.15, -0.1) is 11.3 Å². The van der Waals surface area contributed by atoms with Gasteiger partial charge < -0.3 is 14.6 Å². The summed E-state index contributed by atoms with van der Waals surface area (Å²) in [5.74, 6) is 0.728. The summed E-state index contributed by atoms with van der Waals surface area (Å²) in [6.07, 6.45) is 1.57. The molecule has 1 fully saturated rings. The van der Waals surface area contributed by atoms with Crippen molar-refractivity contribution in [3.05, 3.63) is 34.3 Å². The van der Waals surface area contributed by atoms with Crippen molar-refractivity contribution < 1.29 is 9.53 Å². The van der Waals surface area contributed by atoms with Crippen LogP contribution in [0.1, 0.15) is 28.1 Å². The number of carbonyl (C=O) groups excluding carboxylic acids is 1. The van der Waals surface area contributed by atoms with Crippen LogP contribution in [0.2, 0.25) is 0 Å². The fourth-order valence-electron chi connectivity index (χ4n) is 2.08. The van der Waals surface area contributed by atoms with E-state index in [1.807, 2.05) is 6.92 Å². The first kappa shape index (κ1) is 12.3. The van der Waals surface area contributed by atoms with Gasteiger partial charge in [0.05, 0.1) is 18.7 Å². The first-order valence-corrected chi connectivity index (χ1v) is 6.99. The molecule has 3 heterocycles. The van der Waals surface area contributed by atoms with Gasteiger partial charge in [-0.05, 0) is 6.92 Å². The second-order valence-electron chi connectivity index (χ2n) is 4.44. The zero-order valence-electron chi connectivity index (χ0n) is 10.5. The maximum absolute atomic E-state index is 12.2. The van der Waals surface area contributed by atoms with E-state index in [0.29, 0.717) is 25.4 Å². The maximum Gasteiger partial charge on any atom is 0.273 e. The van der Waals surface area contributed by atoms with E-state index in [1.165, 1.54) is 11.3 Å². The Labute approximate surface area is 114 Å². The summed E-state index contributed by atoms with van der Waals surface area (Å²) in [5.41, 5.74) is 3.16. The van der Waals surface area contributed by atoms with Crippen molar-refractivity contribution >= 4 is 17.2 Å². The summed E-state index contributed by atoms with van der Waals surface area (Å²) in [4.78, 5) is 25.5. The Hall–Kier alpha value is -1.73. The second kappa shape index (κ2) is 5.10. The Morgan fingerprint density at radius 1 is 1.58 bits per heavy atom. The number of hydrogen-bond acceptors (Lipinski definition) is 5. The van der Waals surface area contributed by atoms with E-state index in [0.717, 1.165) is 11.5 Å². The van der Waals surface area contributed by atoms with Crippen LogP contribution in [0.15, 0.2) is 17.1 Å². The summed E-state index contributed by atoms with van der Waals surface area (Å²) < 4.78 is 5.67. The van der Waals surface area contributed by atoms with Crippen molar-refractivity contribution in [2.24, 2.45) is 0 Å². The number of nitrogens with zero attached hydrogens (tertiary/aromatic N) is 3. The highest BCUT2D eigenvalue weighted by Crippen LogP contribution is 2.21. The van der Waals surface area contributed by atoms with Gasteiger partial charge in [-0.2, -0.15) is 0 Å². The van der Waals surface area contributed by atoms with Crippen LogP contribution >= 0.6 is 11.3 Å². The molecular formula is C12H14N4O2S. The third kappa shape index (κ3) is 2.52. The molecular weight excluding hydrogens is 264 g/mol. The van der Waals surface area contributed by atoms with Crippen LogP contribution in [-0.2, 0) is 4.74 Å². The number of morpholine rings is 1. The number of imidazole rings is 1. The Kier molecular flexibility index (Phi) is 3.31. The van der Waals surface area contributed by atoms with E-state index >= 15 is 0 Å². The molecule has 1 amide bonds. The van der Waals surface area contributed by atoms with Crippen LogP contribution in [0.3, 0.4) is 0 Å². The smallest absolute Gasteiger partial charge is 0.273 e. The van der Waals surface area contributed by atoms with Crippen LogP contribution in [0.25, 0.3) is 0 Å². The number of aryl methyl sites for hydroxylation is 1. The number of thiazole rings is 1. The molecule has 1 aliphatic heterocycles. The van der Waals surface area contributed by atoms with E-state index < -0.39 is 0 Å². The Bertz CT molecular complexity index is 566. The molecule has 1 N–H and O–H groups in total. The molecule has 0 unspecified atom stereocenters. The van der Waals surface area contributed by atoms with Gasteiger partial charge in [-0.3, -0.25) is 4.79 Å². The predicted octanol–water partition coefficient (Wildman–Crippen LogP) is 1.39. The lowest BCUT2D eigenvalue weighted by atomic mass is 10.2. The largest absolute Gasteiger partial charge is 0.367 e. The molecule has 2 aromatic heterocycles. The van der Waals surface area contributed by atoms with Crippen LogP contribution < -0.4 is 0 Å². The molecule has 0 radical (unpaired) electrons. The van der Waals surface area contributed by atoms with Gasteiger partial charge in [0.25, 0.3) is 5.91 Å². The van der Waals surface area contributed by atoms with Gasteiger partial charge in [-0.25, -0.2) is 9.97 Å². The number of aromatic nitrogens is 3. The number of H-pyrrole nitrogens is 1. The summed E-state index contributed by atoms with van der Waals surface area (Å²) in [5, 5.41) is 1.77. The maximum atomic E-state index is 12.2. The lowest BCUT2D eigenvalue weighted by Crippen LogP contribution is -2.42. The molecule has 0 aromatic carbocycles. The molecule has 19 heavy (non-hydrogen) atoms. The van der Waals surface area contributed by atoms with Crippen molar-refractivity contribution in [1.82, 2.24) is 19.9 Å². The fraction of sp³-hybridized carbons (Fsp3) is 0.417. The van der Waals surface area contributed by atoms with Crippen LogP contribution in [0.4, 0.5) is 0 Å². The zero-order valence-corrected chi connectivity index (χ0v) is 11.3. The van der Waals surface area contributed by atoms with Crippen molar-refractivity contribution in [1.29, 1.82) is 0 Å². The molecule has 100 valence electrons. The number of rotatable bonds is 2. The molecule has 2 aromatic rings. The topological polar surface area (TPSA) is 71.1 Å². The quantitative estimate of drug-likeness (QED) is 0.901. The van der Waals surface area contributed by atoms with E-state index in [2.05, 4.69) is 15.0 Å². The van der Waals surface area contributed by atoms with E-state index in [-0.39, 0.29) is 12.0 Å². The van der Waals surface area contributed by atoms with Crippen LogP contribution in [-0.4, -0.2) is 45.5 Å². The molecule has 6 nitrogen and oxygen atoms in total. The van der Waals surface area contributed by atoms with Gasteiger partial charge >= 0.3 is 0 Å². The Morgan fingerprint density at radius 3 is 3.16 bits per heavy atom. The average molecular weight is 278 g/mol. The minimum atomic E-state index is -0.190. The molecule has 1 atom stereocenters. The summed E-state index contributed by atoms with van der Waals surface area (Å²) in [6, 6.07) is 0. The fourth-order valence-corrected chi connectivity index (χ4v) is 2.60. The predicted molar refractivity (Wildman–Crippen MR) is 70.0 cm³/mol. The highest BCUT2D eigenvalue weighted by molar-refractivity contribution is 7.07. The molecule has 0 aliphatic carbocycles. The lowest BCUT2D eigenvalue weighted by Gasteiger charge is -2.31. The lowest BCUT2D eigenvalue weighted by molar-refractivity contribution is -0.0266. The molecule has 7 heteroatoms. The highest BCUT2D eigenvalue weighted by atomic mass is 32.1. The van der Waals surface area contributed by atoms with Gasteiger partial charge in [0, 0.05) is 23.8 Å². The van der Waals surface area contributed by atoms with Crippen LogP contribution in [0.5, 0.6) is 0 Å². The molecule has 0 spiro atoms. The number of carbonyl (C=O) groups is 1. The Balaban J connectivity index is 1.73. The molecule has 3 rings (SSSR count). The molecule has 0 saturated carbocycles. The Morgan fingerprint density at radius 2 is 2.47 bits per heavy atom. The van der Waals surface area contributed by atoms with Crippen molar-refractivity contribution in [2.45, 2.75) is 13.0 Å². The molecule has 1 saturated heterocycles. The summed E-state index contributed by atoms with van der Waals surface area (Å²) >= 11 is 1.42. The normalized spacial score (nSPS) is 19.6. The minimum absolute atomic E-state index is 0.0437. The summed E-state index contributed by atoms with van der Waals surface area (Å²) in [6.45, 7) is 3.55. The third-order valence-electron chi connectivity index (χ3n) is 3.03. The average Bonchev–Trinajstić information content (AvgIpc) is 3.09. The van der Waals surface area contributed by atoms with E-state index in [9.17, 15) is 4.79 Å². The number of nitrogens with one attached hydrogen (secondary N) is 1. The standard InChI is InChI=1S/C12H14N4O2S/c1-8-4-13-11(15-8)10-5-16(2-3-18-10)12(17)9-6-19-7-14-9/h4,6-7,10H,2-3,5H2,1H3,(H,13,15)/t10-/m1/s1. The van der Waals surface area contributed by atoms with Crippen LogP contribution in [0, 0.1) is 6.92 Å². The van der Waals surface area contributed by atoms with E-state index in [4.69, 9.17) is 4.74 Å². The van der Waals surface area contributed by atoms with Gasteiger partial charge in [-0.1, -0.05) is 0 Å². The van der Waals surface area contributed by atoms with Crippen molar-refractivity contribution in [3.8, 4) is 0 Å². The van der Waals surface area contributed by atoms with Crippen molar-refractivity contribution in [2.75, 3.05) is 19.7 Å². The number of hydrogen-bond donors (Lipinski definition) is 1. The monoisotopic (exact) mass is 278 g/mol. The number of amides is 1. The first-order valence-electron chi connectivity index (χ1n) is 6.04. The first-order chi connectivity index (χ1) is 9.24. The second-order valence-corrected chi connectivity index (χ2v) is 5.15. The summed E-state index contributed by atoms with van der Waals surface area (Å²) in [7, 11) is 0. The number of ether oxygens (including phenoxy) is 1. The molecule has 0 bridgehead atoms. The molecule has 1 aliphatic rings. The highest BCUT2D eigenvalue weighted by Gasteiger charge is 2.28. The van der Waals surface area contributed by atoms with E-state index in [1.54, 1.807) is 22.0 Å². The number of aromatic amines is 1. The van der Waals surface area contributed by atoms with Gasteiger partial charge in [0.15, 0.2) is 0 Å². The third-order valence-corrected chi connectivity index (χ3v) is 3.62.